The summed E-state index contributed by atoms with van der Waals surface area (Å²) in [5.41, 5.74) is 2.85. The molecule has 1 amide bonds. The molecule has 1 fully saturated rings. The molecule has 0 spiro atoms. The van der Waals surface area contributed by atoms with E-state index >= 15 is 0 Å². The van der Waals surface area contributed by atoms with Crippen molar-refractivity contribution in [2.24, 2.45) is 13.0 Å². The Bertz CT molecular complexity index is 1060. The maximum absolute atomic E-state index is 12.7. The highest BCUT2D eigenvalue weighted by molar-refractivity contribution is 5.92. The number of rotatable bonds is 4. The Hall–Kier alpha value is -3.29. The van der Waals surface area contributed by atoms with Crippen molar-refractivity contribution in [3.63, 3.8) is 0 Å². The lowest BCUT2D eigenvalue weighted by Crippen LogP contribution is -2.40. The van der Waals surface area contributed by atoms with E-state index in [1.165, 1.54) is 0 Å². The molecule has 4 rings (SSSR count). The van der Waals surface area contributed by atoms with Crippen molar-refractivity contribution in [3.05, 3.63) is 64.7 Å². The zero-order valence-corrected chi connectivity index (χ0v) is 16.7. The molecule has 0 aliphatic carbocycles. The van der Waals surface area contributed by atoms with Gasteiger partial charge in [-0.25, -0.2) is 4.98 Å². The normalized spacial score (nSPS) is 14.9. The Kier molecular flexibility index (Phi) is 5.24. The molecule has 0 radical (unpaired) electrons. The average Bonchev–Trinajstić information content (AvgIpc) is 3.08. The lowest BCUT2D eigenvalue weighted by molar-refractivity contribution is 0.0671. The van der Waals surface area contributed by atoms with Crippen molar-refractivity contribution >= 4 is 5.91 Å². The molecule has 8 nitrogen and oxygen atoms in total. The monoisotopic (exact) mass is 392 g/mol. The van der Waals surface area contributed by atoms with Crippen LogP contribution in [0.1, 0.15) is 29.0 Å². The zero-order chi connectivity index (χ0) is 20.4. The maximum Gasteiger partial charge on any atom is 0.272 e. The van der Waals surface area contributed by atoms with Gasteiger partial charge in [0.2, 0.25) is 0 Å². The standard InChI is InChI=1S/C21H24N6O2/c1-15-10-19(25(2)24-15)21(29)26-8-5-16(6-9-26)13-27-14-23-18(11-20(27)28)17-4-3-7-22-12-17/h3-4,7,10-12,14,16H,5-6,8-9,13H2,1-2H3. The van der Waals surface area contributed by atoms with E-state index in [1.807, 2.05) is 30.0 Å². The van der Waals surface area contributed by atoms with Gasteiger partial charge in [-0.1, -0.05) is 0 Å². The van der Waals surface area contributed by atoms with Gasteiger partial charge < -0.3 is 4.90 Å². The first-order valence-electron chi connectivity index (χ1n) is 9.78. The summed E-state index contributed by atoms with van der Waals surface area (Å²) in [6.07, 6.45) is 6.72. The van der Waals surface area contributed by atoms with Gasteiger partial charge in [-0.05, 0) is 43.9 Å². The van der Waals surface area contributed by atoms with Crippen molar-refractivity contribution < 1.29 is 4.79 Å². The van der Waals surface area contributed by atoms with Crippen LogP contribution in [0, 0.1) is 12.8 Å². The summed E-state index contributed by atoms with van der Waals surface area (Å²) < 4.78 is 3.30. The molecule has 8 heteroatoms. The minimum atomic E-state index is -0.0669. The van der Waals surface area contributed by atoms with Crippen LogP contribution >= 0.6 is 0 Å². The third-order valence-electron chi connectivity index (χ3n) is 5.41. The number of hydrogen-bond acceptors (Lipinski definition) is 5. The summed E-state index contributed by atoms with van der Waals surface area (Å²) in [6.45, 7) is 3.87. The lowest BCUT2D eigenvalue weighted by atomic mass is 9.96. The molecular weight excluding hydrogens is 368 g/mol. The van der Waals surface area contributed by atoms with Crippen LogP contribution in [0.5, 0.6) is 0 Å². The number of carbonyl (C=O) groups is 1. The molecule has 1 aliphatic heterocycles. The van der Waals surface area contributed by atoms with Crippen LogP contribution in [0.25, 0.3) is 11.3 Å². The SMILES string of the molecule is Cc1cc(C(=O)N2CCC(Cn3cnc(-c4cccnc4)cc3=O)CC2)n(C)n1. The van der Waals surface area contributed by atoms with Crippen molar-refractivity contribution in [2.45, 2.75) is 26.3 Å². The molecule has 1 aliphatic rings. The Balaban J connectivity index is 1.38. The Morgan fingerprint density at radius 2 is 2.03 bits per heavy atom. The molecule has 4 heterocycles. The summed E-state index contributed by atoms with van der Waals surface area (Å²) in [7, 11) is 1.79. The number of amides is 1. The molecule has 3 aromatic rings. The second-order valence-corrected chi connectivity index (χ2v) is 7.54. The van der Waals surface area contributed by atoms with E-state index in [0.717, 1.165) is 24.1 Å². The van der Waals surface area contributed by atoms with Gasteiger partial charge in [-0.3, -0.25) is 23.8 Å². The first kappa shape index (κ1) is 19.0. The van der Waals surface area contributed by atoms with E-state index in [9.17, 15) is 9.59 Å². The predicted octanol–water partition coefficient (Wildman–Crippen LogP) is 1.90. The first-order chi connectivity index (χ1) is 14.0. The molecule has 1 saturated heterocycles. The number of likely N-dealkylation sites (tertiary alicyclic amines) is 1. The van der Waals surface area contributed by atoms with Crippen LogP contribution in [0.2, 0.25) is 0 Å². The summed E-state index contributed by atoms with van der Waals surface area (Å²) in [4.78, 5) is 35.6. The van der Waals surface area contributed by atoms with Crippen LogP contribution in [-0.2, 0) is 13.6 Å². The lowest BCUT2D eigenvalue weighted by Gasteiger charge is -2.32. The third-order valence-corrected chi connectivity index (χ3v) is 5.41. The van der Waals surface area contributed by atoms with Crippen LogP contribution in [0.3, 0.4) is 0 Å². The van der Waals surface area contributed by atoms with E-state index in [2.05, 4.69) is 15.1 Å². The number of piperidine rings is 1. The molecule has 0 unspecified atom stereocenters. The molecule has 3 aromatic heterocycles. The quantitative estimate of drug-likeness (QED) is 0.677. The third kappa shape index (κ3) is 4.11. The molecule has 0 N–H and O–H groups in total. The van der Waals surface area contributed by atoms with Crippen LogP contribution in [0.4, 0.5) is 0 Å². The Morgan fingerprint density at radius 1 is 1.24 bits per heavy atom. The fourth-order valence-corrected chi connectivity index (χ4v) is 3.80. The van der Waals surface area contributed by atoms with E-state index < -0.39 is 0 Å². The van der Waals surface area contributed by atoms with E-state index in [0.29, 0.717) is 36.9 Å². The van der Waals surface area contributed by atoms with Gasteiger partial charge in [0.05, 0.1) is 17.7 Å². The summed E-state index contributed by atoms with van der Waals surface area (Å²) in [5, 5.41) is 4.26. The number of aryl methyl sites for hydroxylation is 2. The number of hydrogen-bond donors (Lipinski definition) is 0. The summed E-state index contributed by atoms with van der Waals surface area (Å²) >= 11 is 0. The first-order valence-corrected chi connectivity index (χ1v) is 9.78. The second-order valence-electron chi connectivity index (χ2n) is 7.54. The number of carbonyl (C=O) groups excluding carboxylic acids is 1. The van der Waals surface area contributed by atoms with E-state index in [1.54, 1.807) is 41.1 Å². The number of nitrogens with zero attached hydrogens (tertiary/aromatic N) is 6. The highest BCUT2D eigenvalue weighted by atomic mass is 16.2. The molecule has 29 heavy (non-hydrogen) atoms. The maximum atomic E-state index is 12.7. The minimum absolute atomic E-state index is 0.0196. The van der Waals surface area contributed by atoms with E-state index in [4.69, 9.17) is 0 Å². The van der Waals surface area contributed by atoms with Crippen LogP contribution in [-0.4, -0.2) is 48.2 Å². The Morgan fingerprint density at radius 3 is 2.66 bits per heavy atom. The molecule has 0 aromatic carbocycles. The average molecular weight is 392 g/mol. The largest absolute Gasteiger partial charge is 0.337 e. The van der Waals surface area contributed by atoms with Gasteiger partial charge in [-0.15, -0.1) is 0 Å². The molecule has 0 saturated carbocycles. The van der Waals surface area contributed by atoms with Gasteiger partial charge in [0, 0.05) is 50.7 Å². The Labute approximate surface area is 168 Å². The molecular formula is C21H24N6O2. The summed E-state index contributed by atoms with van der Waals surface area (Å²) in [6, 6.07) is 7.09. The van der Waals surface area contributed by atoms with Gasteiger partial charge in [-0.2, -0.15) is 5.10 Å². The predicted molar refractivity (Wildman–Crippen MR) is 108 cm³/mol. The van der Waals surface area contributed by atoms with Crippen molar-refractivity contribution in [3.8, 4) is 11.3 Å². The molecule has 0 atom stereocenters. The van der Waals surface area contributed by atoms with Gasteiger partial charge in [0.15, 0.2) is 0 Å². The highest BCUT2D eigenvalue weighted by Crippen LogP contribution is 2.21. The van der Waals surface area contributed by atoms with E-state index in [-0.39, 0.29) is 11.5 Å². The topological polar surface area (TPSA) is 85.9 Å². The number of aromatic nitrogens is 5. The van der Waals surface area contributed by atoms with Crippen molar-refractivity contribution in [2.75, 3.05) is 13.1 Å². The second kappa shape index (κ2) is 7.98. The molecule has 0 bridgehead atoms. The highest BCUT2D eigenvalue weighted by Gasteiger charge is 2.26. The van der Waals surface area contributed by atoms with Gasteiger partial charge in [0.1, 0.15) is 5.69 Å². The summed E-state index contributed by atoms with van der Waals surface area (Å²) in [5.74, 6) is 0.363. The minimum Gasteiger partial charge on any atom is -0.337 e. The molecule has 150 valence electrons. The van der Waals surface area contributed by atoms with Crippen LogP contribution < -0.4 is 5.56 Å². The van der Waals surface area contributed by atoms with Gasteiger partial charge in [0.25, 0.3) is 11.5 Å². The zero-order valence-electron chi connectivity index (χ0n) is 16.7. The smallest absolute Gasteiger partial charge is 0.272 e. The fourth-order valence-electron chi connectivity index (χ4n) is 3.80. The number of pyridine rings is 1. The fraction of sp³-hybridized carbons (Fsp3) is 0.381. The van der Waals surface area contributed by atoms with Crippen molar-refractivity contribution in [1.82, 2.24) is 29.2 Å². The van der Waals surface area contributed by atoms with Crippen LogP contribution in [0.15, 0.2) is 47.8 Å². The van der Waals surface area contributed by atoms with Crippen molar-refractivity contribution in [1.29, 1.82) is 0 Å². The van der Waals surface area contributed by atoms with Gasteiger partial charge >= 0.3 is 0 Å².